The first-order chi connectivity index (χ1) is 10.8. The zero-order chi connectivity index (χ0) is 14.9. The number of hydrogen-bond donors (Lipinski definition) is 0. The van der Waals surface area contributed by atoms with Gasteiger partial charge in [0.2, 0.25) is 0 Å². The maximum Gasteiger partial charge on any atom is 0.274 e. The van der Waals surface area contributed by atoms with Gasteiger partial charge >= 0.3 is 0 Å². The summed E-state index contributed by atoms with van der Waals surface area (Å²) in [5, 5.41) is 4.12. The molecule has 0 bridgehead atoms. The van der Waals surface area contributed by atoms with E-state index in [0.29, 0.717) is 12.5 Å². The molecule has 5 nitrogen and oxygen atoms in total. The summed E-state index contributed by atoms with van der Waals surface area (Å²) in [6, 6.07) is 14.4. The predicted molar refractivity (Wildman–Crippen MR) is 82.3 cm³/mol. The number of hydrogen-bond acceptors (Lipinski definition) is 4. The van der Waals surface area contributed by atoms with Crippen LogP contribution in [-0.4, -0.2) is 27.9 Å². The third kappa shape index (κ3) is 2.23. The molecule has 3 heterocycles. The Bertz CT molecular complexity index is 770. The van der Waals surface area contributed by atoms with E-state index in [1.807, 2.05) is 31.3 Å². The van der Waals surface area contributed by atoms with Crippen LogP contribution in [0, 0.1) is 0 Å². The average molecular weight is 295 g/mol. The molecule has 1 atom stereocenters. The quantitative estimate of drug-likeness (QED) is 0.744. The van der Waals surface area contributed by atoms with Gasteiger partial charge in [0, 0.05) is 25.3 Å². The normalized spacial score (nSPS) is 18.0. The maximum absolute atomic E-state index is 5.46. The van der Waals surface area contributed by atoms with Crippen LogP contribution in [-0.2, 0) is 11.8 Å². The fraction of sp³-hybridized carbons (Fsp3) is 0.294. The summed E-state index contributed by atoms with van der Waals surface area (Å²) < 4.78 is 12.9. The molecule has 1 fully saturated rings. The van der Waals surface area contributed by atoms with Crippen LogP contribution in [0.4, 0.5) is 0 Å². The summed E-state index contributed by atoms with van der Waals surface area (Å²) in [6.07, 6.45) is 0.960. The molecule has 1 aliphatic rings. The molecule has 2 aromatic heterocycles. The Balaban J connectivity index is 1.67. The number of rotatable bonds is 3. The van der Waals surface area contributed by atoms with Crippen molar-refractivity contribution in [3.8, 4) is 22.8 Å². The van der Waals surface area contributed by atoms with Crippen LogP contribution in [0.25, 0.3) is 22.8 Å². The molecule has 0 radical (unpaired) electrons. The number of ether oxygens (including phenoxy) is 1. The van der Waals surface area contributed by atoms with E-state index in [1.54, 1.807) is 0 Å². The van der Waals surface area contributed by atoms with Gasteiger partial charge < -0.3 is 13.8 Å². The van der Waals surface area contributed by atoms with E-state index >= 15 is 0 Å². The Hall–Kier alpha value is -2.40. The van der Waals surface area contributed by atoms with E-state index in [9.17, 15) is 0 Å². The average Bonchev–Trinajstić information content (AvgIpc) is 3.28. The molecule has 1 aliphatic heterocycles. The highest BCUT2D eigenvalue weighted by Gasteiger charge is 2.24. The highest BCUT2D eigenvalue weighted by Crippen LogP contribution is 2.29. The topological polar surface area (TPSA) is 53.1 Å². The molecule has 0 amide bonds. The highest BCUT2D eigenvalue weighted by molar-refractivity contribution is 5.65. The molecule has 0 aliphatic carbocycles. The van der Waals surface area contributed by atoms with Gasteiger partial charge in [0.05, 0.1) is 6.61 Å². The van der Waals surface area contributed by atoms with Crippen LogP contribution in [0.2, 0.25) is 0 Å². The van der Waals surface area contributed by atoms with Crippen molar-refractivity contribution < 1.29 is 9.26 Å². The zero-order valence-corrected chi connectivity index (χ0v) is 12.4. The van der Waals surface area contributed by atoms with E-state index in [2.05, 4.69) is 32.9 Å². The van der Waals surface area contributed by atoms with Crippen molar-refractivity contribution >= 4 is 0 Å². The first-order valence-electron chi connectivity index (χ1n) is 7.46. The van der Waals surface area contributed by atoms with Crippen molar-refractivity contribution in [2.75, 3.05) is 13.2 Å². The van der Waals surface area contributed by atoms with Gasteiger partial charge in [-0.15, -0.1) is 0 Å². The second-order valence-corrected chi connectivity index (χ2v) is 5.55. The van der Waals surface area contributed by atoms with Crippen LogP contribution in [0.3, 0.4) is 0 Å². The van der Waals surface area contributed by atoms with Gasteiger partial charge in [0.1, 0.15) is 5.69 Å². The molecule has 0 spiro atoms. The van der Waals surface area contributed by atoms with Crippen molar-refractivity contribution in [1.29, 1.82) is 0 Å². The molecule has 0 unspecified atom stereocenters. The number of nitrogens with zero attached hydrogens (tertiary/aromatic N) is 3. The summed E-state index contributed by atoms with van der Waals surface area (Å²) >= 11 is 0. The van der Waals surface area contributed by atoms with E-state index in [-0.39, 0.29) is 5.92 Å². The Morgan fingerprint density at radius 1 is 1.09 bits per heavy atom. The van der Waals surface area contributed by atoms with Gasteiger partial charge in [0.25, 0.3) is 5.89 Å². The van der Waals surface area contributed by atoms with Crippen LogP contribution in [0.1, 0.15) is 18.2 Å². The lowest BCUT2D eigenvalue weighted by atomic mass is 10.1. The van der Waals surface area contributed by atoms with Crippen LogP contribution in [0.5, 0.6) is 0 Å². The molecule has 1 aromatic carbocycles. The van der Waals surface area contributed by atoms with Gasteiger partial charge in [-0.25, -0.2) is 0 Å². The standard InChI is InChI=1S/C17H17N3O2/c1-20-14(12-5-3-2-4-6-12)7-8-15(20)17-18-16(19-22-17)13-9-10-21-11-13/h2-8,13H,9-11H2,1H3/t13-/m1/s1. The minimum Gasteiger partial charge on any atom is -0.381 e. The summed E-state index contributed by atoms with van der Waals surface area (Å²) in [7, 11) is 2.01. The number of benzene rings is 1. The van der Waals surface area contributed by atoms with E-state index in [4.69, 9.17) is 9.26 Å². The molecule has 1 saturated heterocycles. The Labute approximate surface area is 128 Å². The van der Waals surface area contributed by atoms with Crippen molar-refractivity contribution in [2.24, 2.45) is 7.05 Å². The maximum atomic E-state index is 5.46. The van der Waals surface area contributed by atoms with Crippen molar-refractivity contribution in [3.63, 3.8) is 0 Å². The number of aromatic nitrogens is 3. The summed E-state index contributed by atoms with van der Waals surface area (Å²) in [5.74, 6) is 1.56. The molecular weight excluding hydrogens is 278 g/mol. The van der Waals surface area contributed by atoms with Gasteiger partial charge in [-0.2, -0.15) is 4.98 Å². The lowest BCUT2D eigenvalue weighted by Gasteiger charge is -2.05. The Morgan fingerprint density at radius 2 is 1.91 bits per heavy atom. The predicted octanol–water partition coefficient (Wildman–Crippen LogP) is 3.25. The smallest absolute Gasteiger partial charge is 0.274 e. The Morgan fingerprint density at radius 3 is 2.68 bits per heavy atom. The van der Waals surface area contributed by atoms with E-state index in [1.165, 1.54) is 5.56 Å². The molecule has 22 heavy (non-hydrogen) atoms. The molecule has 112 valence electrons. The van der Waals surface area contributed by atoms with Crippen molar-refractivity contribution in [2.45, 2.75) is 12.3 Å². The van der Waals surface area contributed by atoms with Gasteiger partial charge in [-0.05, 0) is 24.1 Å². The summed E-state index contributed by atoms with van der Waals surface area (Å²) in [5.41, 5.74) is 3.22. The molecule has 3 aromatic rings. The summed E-state index contributed by atoms with van der Waals surface area (Å²) in [6.45, 7) is 1.46. The minimum absolute atomic E-state index is 0.256. The van der Waals surface area contributed by atoms with Crippen LogP contribution >= 0.6 is 0 Å². The van der Waals surface area contributed by atoms with Gasteiger partial charge in [0.15, 0.2) is 5.82 Å². The fourth-order valence-corrected chi connectivity index (χ4v) is 2.87. The van der Waals surface area contributed by atoms with E-state index in [0.717, 1.165) is 30.2 Å². The zero-order valence-electron chi connectivity index (χ0n) is 12.4. The molecular formula is C17H17N3O2. The highest BCUT2D eigenvalue weighted by atomic mass is 16.5. The van der Waals surface area contributed by atoms with Crippen molar-refractivity contribution in [1.82, 2.24) is 14.7 Å². The molecule has 5 heteroatoms. The monoisotopic (exact) mass is 295 g/mol. The summed E-state index contributed by atoms with van der Waals surface area (Å²) in [4.78, 5) is 4.55. The third-order valence-corrected chi connectivity index (χ3v) is 4.15. The lowest BCUT2D eigenvalue weighted by Crippen LogP contribution is -2.00. The lowest BCUT2D eigenvalue weighted by molar-refractivity contribution is 0.192. The third-order valence-electron chi connectivity index (χ3n) is 4.15. The fourth-order valence-electron chi connectivity index (χ4n) is 2.87. The first-order valence-corrected chi connectivity index (χ1v) is 7.46. The van der Waals surface area contributed by atoms with E-state index < -0.39 is 0 Å². The van der Waals surface area contributed by atoms with Crippen LogP contribution < -0.4 is 0 Å². The largest absolute Gasteiger partial charge is 0.381 e. The Kier molecular flexibility index (Phi) is 3.27. The molecule has 0 N–H and O–H groups in total. The van der Waals surface area contributed by atoms with Gasteiger partial charge in [-0.3, -0.25) is 0 Å². The minimum atomic E-state index is 0.256. The molecule has 4 rings (SSSR count). The molecule has 0 saturated carbocycles. The van der Waals surface area contributed by atoms with Crippen LogP contribution in [0.15, 0.2) is 47.0 Å². The van der Waals surface area contributed by atoms with Gasteiger partial charge in [-0.1, -0.05) is 35.5 Å². The second-order valence-electron chi connectivity index (χ2n) is 5.55. The second kappa shape index (κ2) is 5.42. The SMILES string of the molecule is Cn1c(-c2ccccc2)ccc1-c1nc([C@@H]2CCOC2)no1. The first kappa shape index (κ1) is 13.3. The van der Waals surface area contributed by atoms with Crippen molar-refractivity contribution in [3.05, 3.63) is 48.3 Å².